The topological polar surface area (TPSA) is 35.6 Å². The van der Waals surface area contributed by atoms with Crippen LogP contribution in [0.5, 0.6) is 0 Å². The Bertz CT molecular complexity index is 258. The van der Waals surface area contributed by atoms with Crippen molar-refractivity contribution >= 4 is 30.7 Å². The number of piperidine rings is 1. The Morgan fingerprint density at radius 3 is 2.50 bits per heavy atom. The lowest BCUT2D eigenvalue weighted by molar-refractivity contribution is -0.135. The molecule has 2 saturated heterocycles. The number of carbonyl (C=O) groups excluding carboxylic acids is 1. The minimum absolute atomic E-state index is 0. The van der Waals surface area contributed by atoms with Crippen LogP contribution in [0.1, 0.15) is 25.7 Å². The van der Waals surface area contributed by atoms with Crippen LogP contribution in [0.15, 0.2) is 0 Å². The lowest BCUT2D eigenvalue weighted by Crippen LogP contribution is -2.52. The summed E-state index contributed by atoms with van der Waals surface area (Å²) in [5.74, 6) is 0.323. The van der Waals surface area contributed by atoms with Crippen molar-refractivity contribution in [2.24, 2.45) is 0 Å². The van der Waals surface area contributed by atoms with E-state index in [1.807, 2.05) is 0 Å². The third-order valence-corrected chi connectivity index (χ3v) is 3.80. The molecule has 0 aromatic carbocycles. The first-order chi connectivity index (χ1) is 7.68. The molecule has 0 aromatic heterocycles. The number of nitrogens with zero attached hydrogens (tertiary/aromatic N) is 2. The maximum atomic E-state index is 12.2. The molecule has 0 radical (unpaired) electrons. The zero-order valence-corrected chi connectivity index (χ0v) is 12.9. The second-order valence-electron chi connectivity index (χ2n) is 5.19. The van der Waals surface area contributed by atoms with E-state index in [0.29, 0.717) is 11.9 Å². The average molecular weight is 298 g/mol. The van der Waals surface area contributed by atoms with E-state index in [2.05, 4.69) is 29.2 Å². The Hall–Kier alpha value is -0.0300. The van der Waals surface area contributed by atoms with Gasteiger partial charge in [0.25, 0.3) is 0 Å². The molecule has 6 heteroatoms. The van der Waals surface area contributed by atoms with Crippen molar-refractivity contribution in [1.82, 2.24) is 15.1 Å². The van der Waals surface area contributed by atoms with Crippen LogP contribution >= 0.6 is 24.8 Å². The van der Waals surface area contributed by atoms with E-state index < -0.39 is 0 Å². The van der Waals surface area contributed by atoms with E-state index in [4.69, 9.17) is 0 Å². The molecular weight excluding hydrogens is 273 g/mol. The van der Waals surface area contributed by atoms with Gasteiger partial charge in [0.1, 0.15) is 0 Å². The molecule has 0 aromatic rings. The van der Waals surface area contributed by atoms with Gasteiger partial charge in [-0.3, -0.25) is 4.79 Å². The monoisotopic (exact) mass is 297 g/mol. The number of amides is 1. The van der Waals surface area contributed by atoms with Crippen molar-refractivity contribution in [2.45, 2.75) is 37.8 Å². The lowest BCUT2D eigenvalue weighted by Gasteiger charge is -2.37. The van der Waals surface area contributed by atoms with Crippen molar-refractivity contribution in [1.29, 1.82) is 0 Å². The van der Waals surface area contributed by atoms with E-state index >= 15 is 0 Å². The molecule has 0 spiro atoms. The van der Waals surface area contributed by atoms with Gasteiger partial charge in [-0.15, -0.1) is 24.8 Å². The fourth-order valence-electron chi connectivity index (χ4n) is 2.69. The molecule has 0 bridgehead atoms. The highest BCUT2D eigenvalue weighted by Gasteiger charge is 2.30. The van der Waals surface area contributed by atoms with Crippen LogP contribution < -0.4 is 5.32 Å². The summed E-state index contributed by atoms with van der Waals surface area (Å²) >= 11 is 0. The van der Waals surface area contributed by atoms with Gasteiger partial charge in [-0.25, -0.2) is 0 Å². The number of hydrogen-bond acceptors (Lipinski definition) is 3. The summed E-state index contributed by atoms with van der Waals surface area (Å²) in [6.07, 6.45) is 4.51. The predicted molar refractivity (Wildman–Crippen MR) is 78.8 cm³/mol. The first-order valence-corrected chi connectivity index (χ1v) is 6.37. The number of likely N-dealkylation sites (N-methyl/N-ethyl adjacent to an activating group) is 1. The van der Waals surface area contributed by atoms with Gasteiger partial charge in [0.05, 0.1) is 6.04 Å². The second kappa shape index (κ2) is 8.20. The van der Waals surface area contributed by atoms with Gasteiger partial charge in [-0.1, -0.05) is 0 Å². The van der Waals surface area contributed by atoms with E-state index in [1.54, 1.807) is 0 Å². The number of nitrogens with one attached hydrogen (secondary N) is 1. The molecule has 2 fully saturated rings. The molecule has 18 heavy (non-hydrogen) atoms. The Morgan fingerprint density at radius 1 is 1.22 bits per heavy atom. The molecule has 2 unspecified atom stereocenters. The van der Waals surface area contributed by atoms with Gasteiger partial charge in [-0.2, -0.15) is 0 Å². The van der Waals surface area contributed by atoms with Gasteiger partial charge >= 0.3 is 0 Å². The predicted octanol–water partition coefficient (Wildman–Crippen LogP) is 1.13. The highest BCUT2D eigenvalue weighted by atomic mass is 35.5. The third kappa shape index (κ3) is 4.26. The number of likely N-dealkylation sites (tertiary alicyclic amines) is 1. The average Bonchev–Trinajstić information content (AvgIpc) is 2.81. The van der Waals surface area contributed by atoms with Crippen LogP contribution in [0.2, 0.25) is 0 Å². The zero-order valence-electron chi connectivity index (χ0n) is 11.2. The summed E-state index contributed by atoms with van der Waals surface area (Å²) in [4.78, 5) is 16.5. The maximum Gasteiger partial charge on any atom is 0.239 e. The van der Waals surface area contributed by atoms with Crippen LogP contribution in [0, 0.1) is 0 Å². The molecule has 2 heterocycles. The van der Waals surface area contributed by atoms with Crippen LogP contribution in [-0.2, 0) is 4.79 Å². The molecule has 2 aliphatic heterocycles. The van der Waals surface area contributed by atoms with Crippen molar-refractivity contribution < 1.29 is 4.79 Å². The summed E-state index contributed by atoms with van der Waals surface area (Å²) in [7, 11) is 4.21. The number of rotatable bonds is 2. The summed E-state index contributed by atoms with van der Waals surface area (Å²) in [6.45, 7) is 2.85. The van der Waals surface area contributed by atoms with E-state index in [1.165, 1.54) is 6.42 Å². The van der Waals surface area contributed by atoms with Crippen LogP contribution in [0.25, 0.3) is 0 Å². The summed E-state index contributed by atoms with van der Waals surface area (Å²) in [6, 6.07) is 0.639. The van der Waals surface area contributed by atoms with Gasteiger partial charge in [0, 0.05) is 19.1 Å². The summed E-state index contributed by atoms with van der Waals surface area (Å²) < 4.78 is 0. The smallest absolute Gasteiger partial charge is 0.239 e. The molecule has 2 atom stereocenters. The number of carbonyl (C=O) groups is 1. The molecule has 4 nitrogen and oxygen atoms in total. The van der Waals surface area contributed by atoms with Gasteiger partial charge in [0.2, 0.25) is 5.91 Å². The molecule has 2 rings (SSSR count). The quantitative estimate of drug-likeness (QED) is 0.830. The normalized spacial score (nSPS) is 27.6. The summed E-state index contributed by atoms with van der Waals surface area (Å²) in [5, 5.41) is 3.29. The second-order valence-corrected chi connectivity index (χ2v) is 5.19. The van der Waals surface area contributed by atoms with Crippen LogP contribution in [0.3, 0.4) is 0 Å². The van der Waals surface area contributed by atoms with Crippen LogP contribution in [-0.4, -0.2) is 61.5 Å². The molecule has 108 valence electrons. The Labute approximate surface area is 122 Å². The number of hydrogen-bond donors (Lipinski definition) is 1. The van der Waals surface area contributed by atoms with Crippen molar-refractivity contribution in [2.75, 3.05) is 33.7 Å². The lowest BCUT2D eigenvalue weighted by atomic mass is 10.0. The Balaban J connectivity index is 0.00000144. The maximum absolute atomic E-state index is 12.2. The molecule has 1 amide bonds. The van der Waals surface area contributed by atoms with Gasteiger partial charge in [-0.05, 0) is 46.3 Å². The highest BCUT2D eigenvalue weighted by molar-refractivity contribution is 5.85. The largest absolute Gasteiger partial charge is 0.340 e. The minimum Gasteiger partial charge on any atom is -0.340 e. The van der Waals surface area contributed by atoms with E-state index in [0.717, 1.165) is 38.9 Å². The fraction of sp³-hybridized carbons (Fsp3) is 0.917. The van der Waals surface area contributed by atoms with Crippen molar-refractivity contribution in [3.05, 3.63) is 0 Å². The van der Waals surface area contributed by atoms with Gasteiger partial charge in [0.15, 0.2) is 0 Å². The van der Waals surface area contributed by atoms with Crippen molar-refractivity contribution in [3.63, 3.8) is 0 Å². The summed E-state index contributed by atoms with van der Waals surface area (Å²) in [5.41, 5.74) is 0. The molecule has 2 aliphatic rings. The van der Waals surface area contributed by atoms with Gasteiger partial charge < -0.3 is 15.1 Å². The first kappa shape index (κ1) is 18.0. The SMILES string of the molecule is CN(C)C1CCCN(C(=O)C2CCCN2)C1.Cl.Cl. The fourth-order valence-corrected chi connectivity index (χ4v) is 2.69. The Morgan fingerprint density at radius 2 is 1.94 bits per heavy atom. The van der Waals surface area contributed by atoms with E-state index in [9.17, 15) is 4.79 Å². The standard InChI is InChI=1S/C12H23N3O.2ClH/c1-14(2)10-5-4-8-15(9-10)12(16)11-6-3-7-13-11;;/h10-11,13H,3-9H2,1-2H3;2*1H. The molecule has 0 saturated carbocycles. The van der Waals surface area contributed by atoms with Crippen molar-refractivity contribution in [3.8, 4) is 0 Å². The molecule has 0 aliphatic carbocycles. The van der Waals surface area contributed by atoms with E-state index in [-0.39, 0.29) is 30.9 Å². The Kier molecular flexibility index (Phi) is 8.19. The van der Waals surface area contributed by atoms with Crippen LogP contribution in [0.4, 0.5) is 0 Å². The minimum atomic E-state index is 0. The molecule has 1 N–H and O–H groups in total. The zero-order chi connectivity index (χ0) is 11.5. The highest BCUT2D eigenvalue weighted by Crippen LogP contribution is 2.16. The third-order valence-electron chi connectivity index (χ3n) is 3.80. The first-order valence-electron chi connectivity index (χ1n) is 6.37. The number of halogens is 2. The molecular formula is C12H25Cl2N3O.